The third-order valence-corrected chi connectivity index (χ3v) is 6.31. The van der Waals surface area contributed by atoms with Crippen LogP contribution < -0.4 is 20.9 Å². The van der Waals surface area contributed by atoms with Crippen molar-refractivity contribution in [2.24, 2.45) is 5.92 Å². The van der Waals surface area contributed by atoms with Gasteiger partial charge in [-0.2, -0.15) is 0 Å². The molecule has 33 heavy (non-hydrogen) atoms. The molecular formula is C24H25N5O4. The zero-order valence-corrected chi connectivity index (χ0v) is 18.1. The molecule has 3 heterocycles. The topological polar surface area (TPSA) is 122 Å². The minimum Gasteiger partial charge on any atom is -0.380 e. The largest absolute Gasteiger partial charge is 0.380 e. The molecule has 170 valence electrons. The second-order valence-corrected chi connectivity index (χ2v) is 8.58. The van der Waals surface area contributed by atoms with E-state index >= 15 is 0 Å². The summed E-state index contributed by atoms with van der Waals surface area (Å²) >= 11 is 0. The Hall–Kier alpha value is -3.88. The predicted molar refractivity (Wildman–Crippen MR) is 124 cm³/mol. The number of nitrogens with two attached hydrogens (primary N) is 1. The van der Waals surface area contributed by atoms with E-state index in [1.165, 1.54) is 0 Å². The molecule has 0 bridgehead atoms. The lowest BCUT2D eigenvalue weighted by Crippen LogP contribution is -2.35. The molecule has 2 aliphatic rings. The van der Waals surface area contributed by atoms with Crippen LogP contribution in [-0.2, 0) is 9.59 Å². The highest BCUT2D eigenvalue weighted by molar-refractivity contribution is 6.00. The molecule has 0 saturated carbocycles. The summed E-state index contributed by atoms with van der Waals surface area (Å²) in [5.74, 6) is 0.183. The normalized spacial score (nSPS) is 18.8. The quantitative estimate of drug-likeness (QED) is 0.620. The van der Waals surface area contributed by atoms with Crippen LogP contribution in [0.15, 0.2) is 47.0 Å². The first kappa shape index (κ1) is 21.0. The van der Waals surface area contributed by atoms with Crippen molar-refractivity contribution in [3.8, 4) is 0 Å². The van der Waals surface area contributed by atoms with Gasteiger partial charge in [-0.25, -0.2) is 0 Å². The summed E-state index contributed by atoms with van der Waals surface area (Å²) < 4.78 is 5.07. The van der Waals surface area contributed by atoms with Crippen LogP contribution in [0, 0.1) is 5.92 Å². The van der Waals surface area contributed by atoms with Crippen molar-refractivity contribution in [2.75, 3.05) is 35.2 Å². The van der Waals surface area contributed by atoms with E-state index in [1.54, 1.807) is 23.1 Å². The van der Waals surface area contributed by atoms with E-state index in [4.69, 9.17) is 10.3 Å². The van der Waals surface area contributed by atoms with Crippen molar-refractivity contribution in [1.82, 2.24) is 10.5 Å². The standard InChI is InChI=1S/C24H25N5O4/c25-23-19-12-16(4-9-20(19)33-27-23)24(32)26-13-15-11-22(31)29(14-15)18-7-5-17(6-8-18)28-10-2-1-3-21(28)30/h4-9,12,15H,1-3,10-11,13-14H2,(H2,25,27)(H,26,32). The van der Waals surface area contributed by atoms with Crippen molar-refractivity contribution in [2.45, 2.75) is 25.7 Å². The first-order chi connectivity index (χ1) is 16.0. The van der Waals surface area contributed by atoms with Gasteiger partial charge in [-0.3, -0.25) is 14.4 Å². The highest BCUT2D eigenvalue weighted by Crippen LogP contribution is 2.28. The van der Waals surface area contributed by atoms with E-state index in [-0.39, 0.29) is 29.5 Å². The van der Waals surface area contributed by atoms with Gasteiger partial charge in [0.2, 0.25) is 11.8 Å². The van der Waals surface area contributed by atoms with Gasteiger partial charge >= 0.3 is 0 Å². The zero-order chi connectivity index (χ0) is 22.9. The van der Waals surface area contributed by atoms with Crippen LogP contribution >= 0.6 is 0 Å². The number of hydrogen-bond donors (Lipinski definition) is 2. The van der Waals surface area contributed by atoms with Crippen LogP contribution in [0.4, 0.5) is 17.2 Å². The number of nitrogens with zero attached hydrogens (tertiary/aromatic N) is 3. The van der Waals surface area contributed by atoms with Crippen LogP contribution in [0.2, 0.25) is 0 Å². The maximum atomic E-state index is 12.6. The van der Waals surface area contributed by atoms with Gasteiger partial charge in [0.15, 0.2) is 11.4 Å². The van der Waals surface area contributed by atoms with Crippen LogP contribution in [0.1, 0.15) is 36.0 Å². The number of nitrogen functional groups attached to an aromatic ring is 1. The molecule has 5 rings (SSSR count). The lowest BCUT2D eigenvalue weighted by atomic mass is 10.1. The third kappa shape index (κ3) is 4.13. The molecule has 1 unspecified atom stereocenters. The van der Waals surface area contributed by atoms with Crippen LogP contribution in [0.3, 0.4) is 0 Å². The Balaban J connectivity index is 1.20. The van der Waals surface area contributed by atoms with Gasteiger partial charge in [-0.05, 0) is 55.3 Å². The van der Waals surface area contributed by atoms with Crippen molar-refractivity contribution in [1.29, 1.82) is 0 Å². The molecule has 2 aliphatic heterocycles. The lowest BCUT2D eigenvalue weighted by Gasteiger charge is -2.27. The number of amides is 3. The van der Waals surface area contributed by atoms with Crippen LogP contribution in [-0.4, -0.2) is 42.5 Å². The van der Waals surface area contributed by atoms with E-state index in [2.05, 4.69) is 10.5 Å². The number of carbonyl (C=O) groups excluding carboxylic acids is 3. The SMILES string of the molecule is Nc1noc2ccc(C(=O)NCC3CC(=O)N(c4ccc(N5CCCCC5=O)cc4)C3)cc12. The van der Waals surface area contributed by atoms with E-state index in [1.807, 2.05) is 29.2 Å². The van der Waals surface area contributed by atoms with Gasteiger partial charge in [0.25, 0.3) is 5.91 Å². The second kappa shape index (κ2) is 8.57. The number of nitrogens with one attached hydrogen (secondary N) is 1. The van der Waals surface area contributed by atoms with Crippen molar-refractivity contribution < 1.29 is 18.9 Å². The summed E-state index contributed by atoms with van der Waals surface area (Å²) in [7, 11) is 0. The number of piperidine rings is 1. The first-order valence-electron chi connectivity index (χ1n) is 11.1. The Morgan fingerprint density at radius 2 is 1.82 bits per heavy atom. The number of anilines is 3. The van der Waals surface area contributed by atoms with E-state index < -0.39 is 0 Å². The van der Waals surface area contributed by atoms with Gasteiger partial charge in [-0.15, -0.1) is 0 Å². The maximum Gasteiger partial charge on any atom is 0.251 e. The summed E-state index contributed by atoms with van der Waals surface area (Å²) in [6.45, 7) is 1.65. The Kier molecular flexibility index (Phi) is 5.45. The molecule has 2 aromatic carbocycles. The maximum absolute atomic E-state index is 12.6. The summed E-state index contributed by atoms with van der Waals surface area (Å²) in [5, 5.41) is 7.20. The number of aromatic nitrogens is 1. The van der Waals surface area contributed by atoms with Crippen molar-refractivity contribution >= 4 is 45.9 Å². The molecule has 2 fully saturated rings. The molecule has 3 N–H and O–H groups in total. The fourth-order valence-corrected chi connectivity index (χ4v) is 4.50. The van der Waals surface area contributed by atoms with Gasteiger partial charge in [0, 0.05) is 55.3 Å². The van der Waals surface area contributed by atoms with Gasteiger partial charge in [0.05, 0.1) is 5.39 Å². The highest BCUT2D eigenvalue weighted by atomic mass is 16.5. The summed E-state index contributed by atoms with van der Waals surface area (Å²) in [6.07, 6.45) is 2.90. The molecule has 9 heteroatoms. The Morgan fingerprint density at radius 3 is 2.58 bits per heavy atom. The Bertz CT molecular complexity index is 1220. The third-order valence-electron chi connectivity index (χ3n) is 6.31. The Labute approximate surface area is 190 Å². The number of hydrogen-bond acceptors (Lipinski definition) is 6. The molecule has 1 atom stereocenters. The summed E-state index contributed by atoms with van der Waals surface area (Å²) in [4.78, 5) is 40.9. The van der Waals surface area contributed by atoms with Gasteiger partial charge in [0.1, 0.15) is 0 Å². The monoisotopic (exact) mass is 447 g/mol. The predicted octanol–water partition coefficient (Wildman–Crippen LogP) is 2.71. The smallest absolute Gasteiger partial charge is 0.251 e. The fourth-order valence-electron chi connectivity index (χ4n) is 4.50. The van der Waals surface area contributed by atoms with Crippen molar-refractivity contribution in [3.05, 3.63) is 48.0 Å². The number of rotatable bonds is 5. The molecule has 1 aromatic heterocycles. The van der Waals surface area contributed by atoms with E-state index in [0.717, 1.165) is 30.8 Å². The molecule has 2 saturated heterocycles. The molecule has 0 spiro atoms. The van der Waals surface area contributed by atoms with Crippen LogP contribution in [0.25, 0.3) is 11.0 Å². The summed E-state index contributed by atoms with van der Waals surface area (Å²) in [5.41, 5.74) is 8.41. The van der Waals surface area contributed by atoms with Crippen LogP contribution in [0.5, 0.6) is 0 Å². The second-order valence-electron chi connectivity index (χ2n) is 8.58. The zero-order valence-electron chi connectivity index (χ0n) is 18.1. The van der Waals surface area contributed by atoms with Crippen molar-refractivity contribution in [3.63, 3.8) is 0 Å². The van der Waals surface area contributed by atoms with Gasteiger partial charge in [-0.1, -0.05) is 5.16 Å². The number of fused-ring (bicyclic) bond motifs is 1. The molecule has 3 aromatic rings. The number of benzene rings is 2. The molecule has 0 aliphatic carbocycles. The average molecular weight is 447 g/mol. The summed E-state index contributed by atoms with van der Waals surface area (Å²) in [6, 6.07) is 12.5. The molecular weight excluding hydrogens is 422 g/mol. The van der Waals surface area contributed by atoms with E-state index in [0.29, 0.717) is 42.5 Å². The molecule has 9 nitrogen and oxygen atoms in total. The number of carbonyl (C=O) groups is 3. The average Bonchev–Trinajstić information content (AvgIpc) is 3.40. The van der Waals surface area contributed by atoms with Gasteiger partial charge < -0.3 is 25.4 Å². The molecule has 0 radical (unpaired) electrons. The highest BCUT2D eigenvalue weighted by Gasteiger charge is 2.31. The minimum absolute atomic E-state index is 0.00851. The Morgan fingerprint density at radius 1 is 1.06 bits per heavy atom. The minimum atomic E-state index is -0.237. The lowest BCUT2D eigenvalue weighted by molar-refractivity contribution is -0.119. The fraction of sp³-hybridized carbons (Fsp3) is 0.333. The first-order valence-corrected chi connectivity index (χ1v) is 11.1. The van der Waals surface area contributed by atoms with E-state index in [9.17, 15) is 14.4 Å². The molecule has 3 amide bonds.